The fraction of sp³-hybridized carbons (Fsp3) is 0.381. The van der Waals surface area contributed by atoms with Gasteiger partial charge in [0.05, 0.1) is 14.2 Å². The van der Waals surface area contributed by atoms with Gasteiger partial charge in [0.1, 0.15) is 23.1 Å². The van der Waals surface area contributed by atoms with Crippen molar-refractivity contribution in [1.82, 2.24) is 15.6 Å². The number of amides is 2. The Bertz CT molecular complexity index is 771. The van der Waals surface area contributed by atoms with Crippen LogP contribution in [0.2, 0.25) is 0 Å². The third-order valence-corrected chi connectivity index (χ3v) is 4.17. The fourth-order valence-corrected chi connectivity index (χ4v) is 2.82. The maximum Gasteiger partial charge on any atom is 0.259 e. The van der Waals surface area contributed by atoms with Gasteiger partial charge in [0, 0.05) is 18.9 Å². The number of nitrogens with one attached hydrogen (secondary N) is 2. The van der Waals surface area contributed by atoms with Gasteiger partial charge in [-0.05, 0) is 36.1 Å². The molecule has 1 atom stereocenters. The molecule has 0 bridgehead atoms. The number of pyridine rings is 1. The van der Waals surface area contributed by atoms with Gasteiger partial charge in [-0.1, -0.05) is 26.0 Å². The van der Waals surface area contributed by atoms with E-state index in [2.05, 4.69) is 15.6 Å². The molecule has 150 valence electrons. The first-order valence-corrected chi connectivity index (χ1v) is 9.14. The molecule has 28 heavy (non-hydrogen) atoms. The van der Waals surface area contributed by atoms with Crippen LogP contribution in [0.15, 0.2) is 42.7 Å². The molecule has 0 saturated heterocycles. The van der Waals surface area contributed by atoms with Crippen LogP contribution in [0.3, 0.4) is 0 Å². The van der Waals surface area contributed by atoms with Gasteiger partial charge in [-0.15, -0.1) is 0 Å². The highest BCUT2D eigenvalue weighted by Crippen LogP contribution is 2.28. The number of carbonyl (C=O) groups is 2. The largest absolute Gasteiger partial charge is 0.496 e. The molecule has 7 nitrogen and oxygen atoms in total. The number of carbonyl (C=O) groups excluding carboxylic acids is 2. The zero-order valence-electron chi connectivity index (χ0n) is 16.7. The van der Waals surface area contributed by atoms with E-state index in [-0.39, 0.29) is 17.4 Å². The molecule has 7 heteroatoms. The second-order valence-electron chi connectivity index (χ2n) is 6.77. The van der Waals surface area contributed by atoms with Gasteiger partial charge in [-0.3, -0.25) is 14.6 Å². The highest BCUT2D eigenvalue weighted by atomic mass is 16.5. The minimum Gasteiger partial charge on any atom is -0.496 e. The van der Waals surface area contributed by atoms with Gasteiger partial charge in [0.2, 0.25) is 5.91 Å². The summed E-state index contributed by atoms with van der Waals surface area (Å²) < 4.78 is 10.6. The van der Waals surface area contributed by atoms with E-state index in [1.165, 1.54) is 14.2 Å². The van der Waals surface area contributed by atoms with E-state index >= 15 is 0 Å². The van der Waals surface area contributed by atoms with Crippen LogP contribution in [0.1, 0.15) is 36.2 Å². The van der Waals surface area contributed by atoms with E-state index < -0.39 is 11.9 Å². The molecule has 0 aliphatic carbocycles. The molecular weight excluding hydrogens is 358 g/mol. The first-order valence-electron chi connectivity index (χ1n) is 9.14. The van der Waals surface area contributed by atoms with Crippen molar-refractivity contribution < 1.29 is 19.1 Å². The van der Waals surface area contributed by atoms with Gasteiger partial charge >= 0.3 is 0 Å². The first kappa shape index (κ1) is 21.2. The summed E-state index contributed by atoms with van der Waals surface area (Å²) in [5.74, 6) is 0.317. The second kappa shape index (κ2) is 10.3. The molecular formula is C21H27N3O4. The molecule has 2 rings (SSSR count). The zero-order valence-corrected chi connectivity index (χ0v) is 16.7. The summed E-state index contributed by atoms with van der Waals surface area (Å²) in [6.45, 7) is 4.34. The Morgan fingerprint density at radius 3 is 2.29 bits per heavy atom. The van der Waals surface area contributed by atoms with Crippen LogP contribution in [0.25, 0.3) is 0 Å². The maximum absolute atomic E-state index is 12.9. The normalized spacial score (nSPS) is 11.6. The average Bonchev–Trinajstić information content (AvgIpc) is 2.71. The van der Waals surface area contributed by atoms with Gasteiger partial charge in [-0.25, -0.2) is 0 Å². The highest BCUT2D eigenvalue weighted by molar-refractivity contribution is 6.02. The van der Waals surface area contributed by atoms with Gasteiger partial charge in [0.25, 0.3) is 5.91 Å². The van der Waals surface area contributed by atoms with Gasteiger partial charge in [0.15, 0.2) is 0 Å². The number of hydrogen-bond acceptors (Lipinski definition) is 5. The molecule has 0 unspecified atom stereocenters. The van der Waals surface area contributed by atoms with Crippen molar-refractivity contribution in [3.8, 4) is 11.5 Å². The van der Waals surface area contributed by atoms with Crippen LogP contribution in [0, 0.1) is 5.92 Å². The number of methoxy groups -OCH3 is 2. The minimum absolute atomic E-state index is 0.217. The summed E-state index contributed by atoms with van der Waals surface area (Å²) in [5, 5.41) is 5.69. The first-order chi connectivity index (χ1) is 13.5. The van der Waals surface area contributed by atoms with E-state index in [9.17, 15) is 9.59 Å². The number of nitrogens with zero attached hydrogens (tertiary/aromatic N) is 1. The van der Waals surface area contributed by atoms with Crippen molar-refractivity contribution in [2.24, 2.45) is 5.92 Å². The molecule has 2 amide bonds. The lowest BCUT2D eigenvalue weighted by atomic mass is 10.0. The number of benzene rings is 1. The van der Waals surface area contributed by atoms with Crippen LogP contribution in [-0.4, -0.2) is 37.1 Å². The molecule has 0 spiro atoms. The quantitative estimate of drug-likeness (QED) is 0.692. The van der Waals surface area contributed by atoms with Crippen LogP contribution in [0.5, 0.6) is 11.5 Å². The van der Waals surface area contributed by atoms with Crippen LogP contribution in [0.4, 0.5) is 0 Å². The van der Waals surface area contributed by atoms with Crippen LogP contribution < -0.4 is 20.1 Å². The molecule has 2 N–H and O–H groups in total. The highest BCUT2D eigenvalue weighted by Gasteiger charge is 2.26. The Morgan fingerprint density at radius 1 is 1.07 bits per heavy atom. The summed E-state index contributed by atoms with van der Waals surface area (Å²) in [5.41, 5.74) is 1.15. The van der Waals surface area contributed by atoms with Crippen molar-refractivity contribution in [3.05, 3.63) is 53.9 Å². The Kier molecular flexibility index (Phi) is 7.80. The number of hydrogen-bond donors (Lipinski definition) is 2. The zero-order chi connectivity index (χ0) is 20.5. The molecule has 1 heterocycles. The lowest BCUT2D eigenvalue weighted by molar-refractivity contribution is -0.123. The topological polar surface area (TPSA) is 89.5 Å². The maximum atomic E-state index is 12.9. The third-order valence-electron chi connectivity index (χ3n) is 4.17. The Hall–Kier alpha value is -3.09. The summed E-state index contributed by atoms with van der Waals surface area (Å²) in [4.78, 5) is 29.7. The molecule has 0 saturated carbocycles. The van der Waals surface area contributed by atoms with Crippen molar-refractivity contribution in [1.29, 1.82) is 0 Å². The Balaban J connectivity index is 2.15. The summed E-state index contributed by atoms with van der Waals surface area (Å²) >= 11 is 0. The van der Waals surface area contributed by atoms with Gasteiger partial charge in [-0.2, -0.15) is 0 Å². The number of aromatic nitrogens is 1. The standard InChI is InChI=1S/C21H27N3O4/c1-14(2)11-16(20(25)23-13-15-7-6-10-22-12-15)24-21(26)19-17(27-3)8-5-9-18(19)28-4/h5-10,12,14,16H,11,13H2,1-4H3,(H,23,25)(H,24,26)/t16-/m0/s1. The average molecular weight is 385 g/mol. The van der Waals surface area contributed by atoms with Crippen molar-refractivity contribution in [3.63, 3.8) is 0 Å². The van der Waals surface area contributed by atoms with E-state index in [1.54, 1.807) is 30.6 Å². The monoisotopic (exact) mass is 385 g/mol. The van der Waals surface area contributed by atoms with E-state index in [1.807, 2.05) is 26.0 Å². The van der Waals surface area contributed by atoms with Crippen molar-refractivity contribution >= 4 is 11.8 Å². The van der Waals surface area contributed by atoms with Gasteiger partial charge < -0.3 is 20.1 Å². The summed E-state index contributed by atoms with van der Waals surface area (Å²) in [6, 6.07) is 8.10. The van der Waals surface area contributed by atoms with Crippen LogP contribution in [-0.2, 0) is 11.3 Å². The van der Waals surface area contributed by atoms with Crippen LogP contribution >= 0.6 is 0 Å². The molecule has 2 aromatic rings. The van der Waals surface area contributed by atoms with Crippen molar-refractivity contribution in [2.75, 3.05) is 14.2 Å². The lowest BCUT2D eigenvalue weighted by Crippen LogP contribution is -2.47. The summed E-state index contributed by atoms with van der Waals surface area (Å²) in [7, 11) is 2.97. The fourth-order valence-electron chi connectivity index (χ4n) is 2.82. The summed E-state index contributed by atoms with van der Waals surface area (Å²) in [6.07, 6.45) is 3.87. The third kappa shape index (κ3) is 5.70. The molecule has 0 radical (unpaired) electrons. The molecule has 1 aromatic heterocycles. The SMILES string of the molecule is COc1cccc(OC)c1C(=O)N[C@@H](CC(C)C)C(=O)NCc1cccnc1. The van der Waals surface area contributed by atoms with E-state index in [0.717, 1.165) is 5.56 Å². The molecule has 1 aromatic carbocycles. The predicted octanol–water partition coefficient (Wildman–Crippen LogP) is 2.56. The van der Waals surface area contributed by atoms with Crippen molar-refractivity contribution in [2.45, 2.75) is 32.9 Å². The predicted molar refractivity (Wildman–Crippen MR) is 106 cm³/mol. The lowest BCUT2D eigenvalue weighted by Gasteiger charge is -2.21. The smallest absolute Gasteiger partial charge is 0.259 e. The Morgan fingerprint density at radius 2 is 1.75 bits per heavy atom. The number of ether oxygens (including phenoxy) is 2. The molecule has 0 aliphatic rings. The number of rotatable bonds is 9. The van der Waals surface area contributed by atoms with E-state index in [4.69, 9.17) is 9.47 Å². The second-order valence-corrected chi connectivity index (χ2v) is 6.77. The molecule has 0 fully saturated rings. The minimum atomic E-state index is -0.682. The molecule has 0 aliphatic heterocycles. The Labute approximate surface area is 165 Å². The van der Waals surface area contributed by atoms with E-state index in [0.29, 0.717) is 24.5 Å².